The summed E-state index contributed by atoms with van der Waals surface area (Å²) in [5.41, 5.74) is 22.6. The normalized spacial score (nSPS) is 12.4. The molecule has 60 heavy (non-hydrogen) atoms. The zero-order chi connectivity index (χ0) is 40.0. The summed E-state index contributed by atoms with van der Waals surface area (Å²) in [7, 11) is 0. The molecule has 0 N–H and O–H groups in total. The molecule has 2 aliphatic rings. The molecular formula is C57H43BN2. The van der Waals surface area contributed by atoms with Crippen LogP contribution in [0.25, 0.3) is 22.3 Å². The first kappa shape index (κ1) is 35.8. The molecule has 0 saturated heterocycles. The maximum atomic E-state index is 2.52. The lowest BCUT2D eigenvalue weighted by Gasteiger charge is -2.44. The van der Waals surface area contributed by atoms with Crippen molar-refractivity contribution in [3.63, 3.8) is 0 Å². The van der Waals surface area contributed by atoms with Crippen LogP contribution in [0, 0.1) is 6.92 Å². The standard InChI is InChI=1S/C57H43BN2/c1-40-34-55-57-56(35-40)60(50-30-26-48(27-31-50)46-20-12-5-13-21-46)54-33-23-44(37-42-16-8-3-9-17-42)39-52(54)58(57)51-38-43(36-41-14-6-2-7-15-41)22-32-53(51)59(55)49-28-24-47(25-29-49)45-18-10-4-11-19-45/h2-35,38-39H,36-37H2,1H3. The number of aryl methyl sites for hydroxylation is 1. The van der Waals surface area contributed by atoms with Crippen LogP contribution in [0.2, 0.25) is 0 Å². The van der Waals surface area contributed by atoms with Crippen LogP contribution in [0.5, 0.6) is 0 Å². The number of fused-ring (bicyclic) bond motifs is 4. The van der Waals surface area contributed by atoms with Gasteiger partial charge in [0.1, 0.15) is 0 Å². The molecule has 0 radical (unpaired) electrons. The van der Waals surface area contributed by atoms with Gasteiger partial charge in [-0.2, -0.15) is 0 Å². The van der Waals surface area contributed by atoms with Gasteiger partial charge in [-0.05, 0) is 135 Å². The molecule has 0 fully saturated rings. The van der Waals surface area contributed by atoms with E-state index in [2.05, 4.69) is 235 Å². The van der Waals surface area contributed by atoms with Gasteiger partial charge in [-0.1, -0.05) is 170 Å². The Hall–Kier alpha value is -7.36. The van der Waals surface area contributed by atoms with Crippen LogP contribution < -0.4 is 26.2 Å². The average Bonchev–Trinajstić information content (AvgIpc) is 3.30. The van der Waals surface area contributed by atoms with Gasteiger partial charge in [0.2, 0.25) is 0 Å². The molecule has 0 unspecified atom stereocenters. The molecule has 0 saturated carbocycles. The summed E-state index contributed by atoms with van der Waals surface area (Å²) in [6.45, 7) is 2.28. The second-order valence-corrected chi connectivity index (χ2v) is 16.3. The number of hydrogen-bond acceptors (Lipinski definition) is 2. The first-order chi connectivity index (χ1) is 29.6. The SMILES string of the molecule is Cc1cc2c3c(c1)N(c1ccc(-c4ccccc4)cc1)c1ccc(Cc4ccccc4)cc1B3c1cc(Cc3ccccc3)ccc1N2c1ccc(-c2ccccc2)cc1. The van der Waals surface area contributed by atoms with E-state index in [1.165, 1.54) is 89.2 Å². The summed E-state index contributed by atoms with van der Waals surface area (Å²) in [5, 5.41) is 0. The molecule has 9 aromatic carbocycles. The minimum atomic E-state index is 0.0340. The van der Waals surface area contributed by atoms with E-state index in [9.17, 15) is 0 Å². The molecule has 3 heteroatoms. The lowest BCUT2D eigenvalue weighted by atomic mass is 9.33. The van der Waals surface area contributed by atoms with Gasteiger partial charge in [0, 0.05) is 34.1 Å². The Kier molecular flexibility index (Phi) is 9.01. The third kappa shape index (κ3) is 6.49. The van der Waals surface area contributed by atoms with Crippen LogP contribution in [0.1, 0.15) is 27.8 Å². The lowest BCUT2D eigenvalue weighted by Crippen LogP contribution is -2.61. The van der Waals surface area contributed by atoms with Gasteiger partial charge in [-0.25, -0.2) is 0 Å². The van der Waals surface area contributed by atoms with Crippen molar-refractivity contribution >= 4 is 57.2 Å². The second kappa shape index (κ2) is 15.1. The van der Waals surface area contributed by atoms with E-state index in [1.807, 2.05) is 0 Å². The summed E-state index contributed by atoms with van der Waals surface area (Å²) < 4.78 is 0. The van der Waals surface area contributed by atoms with Gasteiger partial charge < -0.3 is 9.80 Å². The molecule has 2 aliphatic heterocycles. The van der Waals surface area contributed by atoms with Crippen LogP contribution >= 0.6 is 0 Å². The van der Waals surface area contributed by atoms with Crippen molar-refractivity contribution in [1.29, 1.82) is 0 Å². The van der Waals surface area contributed by atoms with Gasteiger partial charge in [-0.3, -0.25) is 0 Å². The third-order valence-electron chi connectivity index (χ3n) is 12.3. The van der Waals surface area contributed by atoms with Crippen molar-refractivity contribution in [2.45, 2.75) is 19.8 Å². The average molecular weight is 767 g/mol. The largest absolute Gasteiger partial charge is 0.311 e. The van der Waals surface area contributed by atoms with Crippen LogP contribution in [0.15, 0.2) is 218 Å². The predicted octanol–water partition coefficient (Wildman–Crippen LogP) is 12.6. The van der Waals surface area contributed by atoms with E-state index >= 15 is 0 Å². The molecule has 2 nitrogen and oxygen atoms in total. The molecule has 11 rings (SSSR count). The molecule has 0 amide bonds. The molecule has 0 aliphatic carbocycles. The van der Waals surface area contributed by atoms with Crippen molar-refractivity contribution in [1.82, 2.24) is 0 Å². The summed E-state index contributed by atoms with van der Waals surface area (Å²) >= 11 is 0. The Balaban J connectivity index is 1.13. The molecule has 0 bridgehead atoms. The number of rotatable bonds is 8. The van der Waals surface area contributed by atoms with E-state index in [1.54, 1.807) is 0 Å². The summed E-state index contributed by atoms with van der Waals surface area (Å²) in [4.78, 5) is 5.04. The summed E-state index contributed by atoms with van der Waals surface area (Å²) in [6.07, 6.45) is 1.75. The van der Waals surface area contributed by atoms with Crippen LogP contribution in [-0.4, -0.2) is 6.71 Å². The Bertz CT molecular complexity index is 2760. The fourth-order valence-corrected chi connectivity index (χ4v) is 9.55. The highest BCUT2D eigenvalue weighted by atomic mass is 15.2. The van der Waals surface area contributed by atoms with E-state index in [0.717, 1.165) is 24.2 Å². The van der Waals surface area contributed by atoms with Crippen molar-refractivity contribution in [2.75, 3.05) is 9.80 Å². The second-order valence-electron chi connectivity index (χ2n) is 16.3. The highest BCUT2D eigenvalue weighted by Gasteiger charge is 2.43. The maximum absolute atomic E-state index is 2.52. The number of benzene rings is 9. The molecule has 2 heterocycles. The van der Waals surface area contributed by atoms with Crippen LogP contribution in [0.4, 0.5) is 34.1 Å². The van der Waals surface area contributed by atoms with Gasteiger partial charge in [-0.15, -0.1) is 0 Å². The Morgan fingerprint density at radius 2 is 0.700 bits per heavy atom. The Labute approximate surface area is 353 Å². The van der Waals surface area contributed by atoms with Gasteiger partial charge in [0.15, 0.2) is 0 Å². The lowest BCUT2D eigenvalue weighted by molar-refractivity contribution is 1.18. The fourth-order valence-electron chi connectivity index (χ4n) is 9.55. The monoisotopic (exact) mass is 766 g/mol. The summed E-state index contributed by atoms with van der Waals surface area (Å²) in [5.74, 6) is 0. The molecular weight excluding hydrogens is 723 g/mol. The van der Waals surface area contributed by atoms with Crippen molar-refractivity contribution in [2.24, 2.45) is 0 Å². The highest BCUT2D eigenvalue weighted by molar-refractivity contribution is 7.00. The van der Waals surface area contributed by atoms with E-state index in [4.69, 9.17) is 0 Å². The first-order valence-corrected chi connectivity index (χ1v) is 21.0. The first-order valence-electron chi connectivity index (χ1n) is 21.0. The van der Waals surface area contributed by atoms with E-state index in [-0.39, 0.29) is 6.71 Å². The summed E-state index contributed by atoms with van der Waals surface area (Å²) in [6, 6.07) is 80.6. The molecule has 9 aromatic rings. The topological polar surface area (TPSA) is 6.48 Å². The van der Waals surface area contributed by atoms with Gasteiger partial charge >= 0.3 is 0 Å². The third-order valence-corrected chi connectivity index (χ3v) is 12.3. The number of hydrogen-bond donors (Lipinski definition) is 0. The fraction of sp³-hybridized carbons (Fsp3) is 0.0526. The molecule has 0 spiro atoms. The Morgan fingerprint density at radius 1 is 0.333 bits per heavy atom. The molecule has 0 atom stereocenters. The molecule has 0 aromatic heterocycles. The number of anilines is 6. The van der Waals surface area contributed by atoms with E-state index in [0.29, 0.717) is 0 Å². The van der Waals surface area contributed by atoms with Crippen LogP contribution in [-0.2, 0) is 12.8 Å². The highest BCUT2D eigenvalue weighted by Crippen LogP contribution is 2.45. The van der Waals surface area contributed by atoms with Crippen molar-refractivity contribution in [3.05, 3.63) is 246 Å². The quantitative estimate of drug-likeness (QED) is 0.142. The van der Waals surface area contributed by atoms with Gasteiger partial charge in [0.05, 0.1) is 0 Å². The number of nitrogens with zero attached hydrogens (tertiary/aromatic N) is 2. The van der Waals surface area contributed by atoms with E-state index < -0.39 is 0 Å². The van der Waals surface area contributed by atoms with Crippen molar-refractivity contribution < 1.29 is 0 Å². The Morgan fingerprint density at radius 3 is 1.10 bits per heavy atom. The minimum Gasteiger partial charge on any atom is -0.311 e. The van der Waals surface area contributed by atoms with Crippen molar-refractivity contribution in [3.8, 4) is 22.3 Å². The maximum Gasteiger partial charge on any atom is 0.252 e. The molecule has 284 valence electrons. The van der Waals surface area contributed by atoms with Crippen LogP contribution in [0.3, 0.4) is 0 Å². The predicted molar refractivity (Wildman–Crippen MR) is 255 cm³/mol. The van der Waals surface area contributed by atoms with Gasteiger partial charge in [0.25, 0.3) is 6.71 Å². The zero-order valence-corrected chi connectivity index (χ0v) is 33.7. The minimum absolute atomic E-state index is 0.0340. The zero-order valence-electron chi connectivity index (χ0n) is 33.7. The smallest absolute Gasteiger partial charge is 0.252 e.